The molecule has 3 aromatic carbocycles. The first-order valence-electron chi connectivity index (χ1n) is 9.08. The van der Waals surface area contributed by atoms with Crippen LogP contribution in [0.2, 0.25) is 0 Å². The first kappa shape index (κ1) is 18.3. The van der Waals surface area contributed by atoms with Gasteiger partial charge in [-0.25, -0.2) is 4.99 Å². The summed E-state index contributed by atoms with van der Waals surface area (Å²) in [7, 11) is 1.77. The molecule has 0 aromatic heterocycles. The number of benzene rings is 3. The third-order valence-electron chi connectivity index (χ3n) is 4.55. The van der Waals surface area contributed by atoms with Crippen LogP contribution in [0.25, 0.3) is 17.2 Å². The summed E-state index contributed by atoms with van der Waals surface area (Å²) in [5, 5.41) is 0.694. The third-order valence-corrected chi connectivity index (χ3v) is 5.61. The number of carbonyl (C=O) groups excluding carboxylic acids is 1. The van der Waals surface area contributed by atoms with Gasteiger partial charge >= 0.3 is 0 Å². The van der Waals surface area contributed by atoms with Crippen LogP contribution in [0.4, 0.5) is 5.69 Å². The summed E-state index contributed by atoms with van der Waals surface area (Å²) >= 11 is 1.41. The van der Waals surface area contributed by atoms with E-state index in [-0.39, 0.29) is 5.91 Å². The highest BCUT2D eigenvalue weighted by molar-refractivity contribution is 8.18. The molecular weight excluding hydrogens is 364 g/mol. The van der Waals surface area contributed by atoms with Crippen LogP contribution in [0.15, 0.2) is 88.8 Å². The molecule has 138 valence electrons. The molecule has 0 saturated carbocycles. The van der Waals surface area contributed by atoms with Crippen molar-refractivity contribution in [1.82, 2.24) is 4.90 Å². The molecule has 3 aromatic rings. The molecule has 1 heterocycles. The van der Waals surface area contributed by atoms with Crippen molar-refractivity contribution in [1.29, 1.82) is 0 Å². The van der Waals surface area contributed by atoms with Crippen molar-refractivity contribution in [3.8, 4) is 11.1 Å². The average molecular weight is 385 g/mol. The van der Waals surface area contributed by atoms with E-state index in [2.05, 4.69) is 29.3 Å². The Bertz CT molecular complexity index is 1070. The second-order valence-corrected chi connectivity index (χ2v) is 7.71. The van der Waals surface area contributed by atoms with Gasteiger partial charge in [0.15, 0.2) is 5.17 Å². The number of nitrogens with zero attached hydrogens (tertiary/aromatic N) is 2. The van der Waals surface area contributed by atoms with Crippen LogP contribution in [0, 0.1) is 6.92 Å². The molecule has 0 bridgehead atoms. The molecule has 0 unspecified atom stereocenters. The number of carbonyl (C=O) groups is 1. The first-order valence-corrected chi connectivity index (χ1v) is 9.90. The molecule has 3 nitrogen and oxygen atoms in total. The zero-order valence-electron chi connectivity index (χ0n) is 15.8. The quantitative estimate of drug-likeness (QED) is 0.527. The van der Waals surface area contributed by atoms with Crippen LogP contribution >= 0.6 is 11.8 Å². The van der Waals surface area contributed by atoms with E-state index in [1.54, 1.807) is 11.9 Å². The molecule has 1 amide bonds. The summed E-state index contributed by atoms with van der Waals surface area (Å²) in [4.78, 5) is 19.6. The molecular formula is C24H20N2OS. The van der Waals surface area contributed by atoms with E-state index in [1.807, 2.05) is 67.6 Å². The molecule has 0 aliphatic carbocycles. The third kappa shape index (κ3) is 3.92. The predicted molar refractivity (Wildman–Crippen MR) is 118 cm³/mol. The summed E-state index contributed by atoms with van der Waals surface area (Å²) < 4.78 is 0. The molecule has 0 radical (unpaired) electrons. The van der Waals surface area contributed by atoms with Crippen molar-refractivity contribution < 1.29 is 4.79 Å². The number of thioether (sulfide) groups is 1. The van der Waals surface area contributed by atoms with E-state index < -0.39 is 0 Å². The standard InChI is InChI=1S/C24H20N2OS/c1-17-11-13-21(14-12-17)25-24-26(2)23(27)22(28-24)16-18-7-6-10-20(15-18)19-8-4-3-5-9-19/h3-16H,1-2H3. The number of rotatable bonds is 3. The molecule has 1 saturated heterocycles. The maximum Gasteiger partial charge on any atom is 0.266 e. The summed E-state index contributed by atoms with van der Waals surface area (Å²) in [6.07, 6.45) is 1.94. The van der Waals surface area contributed by atoms with Crippen molar-refractivity contribution in [3.63, 3.8) is 0 Å². The lowest BCUT2D eigenvalue weighted by Gasteiger charge is -2.07. The van der Waals surface area contributed by atoms with Gasteiger partial charge in [0.2, 0.25) is 0 Å². The predicted octanol–water partition coefficient (Wildman–Crippen LogP) is 5.90. The molecule has 0 N–H and O–H groups in total. The topological polar surface area (TPSA) is 32.7 Å². The van der Waals surface area contributed by atoms with Gasteiger partial charge in [-0.05, 0) is 59.7 Å². The largest absolute Gasteiger partial charge is 0.290 e. The molecule has 0 atom stereocenters. The monoisotopic (exact) mass is 384 g/mol. The first-order chi connectivity index (χ1) is 13.6. The highest BCUT2D eigenvalue weighted by Crippen LogP contribution is 2.33. The summed E-state index contributed by atoms with van der Waals surface area (Å²) in [6, 6.07) is 26.4. The van der Waals surface area contributed by atoms with Crippen molar-refractivity contribution in [3.05, 3.63) is 94.9 Å². The van der Waals surface area contributed by atoms with Crippen molar-refractivity contribution >= 4 is 34.6 Å². The van der Waals surface area contributed by atoms with Crippen molar-refractivity contribution in [2.45, 2.75) is 6.92 Å². The smallest absolute Gasteiger partial charge is 0.266 e. The van der Waals surface area contributed by atoms with E-state index in [4.69, 9.17) is 0 Å². The Morgan fingerprint density at radius 3 is 2.36 bits per heavy atom. The Morgan fingerprint density at radius 1 is 0.893 bits per heavy atom. The van der Waals surface area contributed by atoms with Gasteiger partial charge in [0.25, 0.3) is 5.91 Å². The van der Waals surface area contributed by atoms with Crippen LogP contribution in [0.3, 0.4) is 0 Å². The molecule has 1 aliphatic rings. The highest BCUT2D eigenvalue weighted by atomic mass is 32.2. The van der Waals surface area contributed by atoms with Crippen LogP contribution in [-0.2, 0) is 4.79 Å². The Balaban J connectivity index is 1.62. The number of hydrogen-bond acceptors (Lipinski definition) is 3. The van der Waals surface area contributed by atoms with Gasteiger partial charge < -0.3 is 0 Å². The lowest BCUT2D eigenvalue weighted by Crippen LogP contribution is -2.23. The van der Waals surface area contributed by atoms with Gasteiger partial charge in [-0.15, -0.1) is 0 Å². The average Bonchev–Trinajstić information content (AvgIpc) is 2.98. The molecule has 28 heavy (non-hydrogen) atoms. The van der Waals surface area contributed by atoms with Gasteiger partial charge in [-0.2, -0.15) is 0 Å². The van der Waals surface area contributed by atoms with Crippen LogP contribution in [0.1, 0.15) is 11.1 Å². The minimum atomic E-state index is -0.0269. The highest BCUT2D eigenvalue weighted by Gasteiger charge is 2.30. The Kier molecular flexibility index (Phi) is 5.13. The number of amides is 1. The van der Waals surface area contributed by atoms with Gasteiger partial charge in [-0.1, -0.05) is 66.2 Å². The number of likely N-dealkylation sites (N-methyl/N-ethyl adjacent to an activating group) is 1. The van der Waals surface area contributed by atoms with Crippen molar-refractivity contribution in [2.24, 2.45) is 4.99 Å². The van der Waals surface area contributed by atoms with Crippen LogP contribution in [0.5, 0.6) is 0 Å². The van der Waals surface area contributed by atoms with Gasteiger partial charge in [0, 0.05) is 7.05 Å². The van der Waals surface area contributed by atoms with Crippen molar-refractivity contribution in [2.75, 3.05) is 7.05 Å². The number of aryl methyl sites for hydroxylation is 1. The Hall–Kier alpha value is -3.11. The van der Waals surface area contributed by atoms with Gasteiger partial charge in [0.05, 0.1) is 10.6 Å². The number of amidine groups is 1. The second kappa shape index (κ2) is 7.87. The maximum absolute atomic E-state index is 12.7. The minimum absolute atomic E-state index is 0.0269. The summed E-state index contributed by atoms with van der Waals surface area (Å²) in [6.45, 7) is 2.04. The molecule has 4 rings (SSSR count). The zero-order chi connectivity index (χ0) is 19.5. The molecule has 0 spiro atoms. The van der Waals surface area contributed by atoms with Gasteiger partial charge in [-0.3, -0.25) is 9.69 Å². The minimum Gasteiger partial charge on any atom is -0.290 e. The van der Waals surface area contributed by atoms with Crippen LogP contribution in [-0.4, -0.2) is 23.0 Å². The number of hydrogen-bond donors (Lipinski definition) is 0. The van der Waals surface area contributed by atoms with Crippen LogP contribution < -0.4 is 0 Å². The van der Waals surface area contributed by atoms with E-state index in [9.17, 15) is 4.79 Å². The fourth-order valence-corrected chi connectivity index (χ4v) is 3.96. The van der Waals surface area contributed by atoms with Gasteiger partial charge in [0.1, 0.15) is 0 Å². The van der Waals surface area contributed by atoms with E-state index in [0.717, 1.165) is 22.4 Å². The second-order valence-electron chi connectivity index (χ2n) is 6.70. The van der Waals surface area contributed by atoms with E-state index in [1.165, 1.54) is 17.3 Å². The lowest BCUT2D eigenvalue weighted by molar-refractivity contribution is -0.121. The maximum atomic E-state index is 12.7. The molecule has 4 heteroatoms. The summed E-state index contributed by atoms with van der Waals surface area (Å²) in [5.74, 6) is -0.0269. The summed E-state index contributed by atoms with van der Waals surface area (Å²) in [5.41, 5.74) is 5.33. The normalized spacial score (nSPS) is 16.9. The lowest BCUT2D eigenvalue weighted by atomic mass is 10.0. The molecule has 1 fully saturated rings. The molecule has 1 aliphatic heterocycles. The fourth-order valence-electron chi connectivity index (χ4n) is 2.97. The van der Waals surface area contributed by atoms with E-state index in [0.29, 0.717) is 10.1 Å². The fraction of sp³-hybridized carbons (Fsp3) is 0.0833. The zero-order valence-corrected chi connectivity index (χ0v) is 16.6. The Labute approximate surface area is 169 Å². The SMILES string of the molecule is Cc1ccc(N=C2SC(=Cc3cccc(-c4ccccc4)c3)C(=O)N2C)cc1. The Morgan fingerprint density at radius 2 is 1.61 bits per heavy atom. The van der Waals surface area contributed by atoms with E-state index >= 15 is 0 Å². The number of aliphatic imine (C=N–C) groups is 1.